The summed E-state index contributed by atoms with van der Waals surface area (Å²) >= 11 is 3.30. The Morgan fingerprint density at radius 3 is 2.57 bits per heavy atom. The Morgan fingerprint density at radius 1 is 1.14 bits per heavy atom. The standard InChI is InChI=1S/C14H8BrF3N2O/c15-10-2-1-3-11-12(10)21-13(20-11)7-4-8(14(16,17)18)6-9(19)5-7/h1-6H,19H2. The fraction of sp³-hybridized carbons (Fsp3) is 0.0714. The SMILES string of the molecule is Nc1cc(-c2nc3cccc(Br)c3o2)cc(C(F)(F)F)c1. The third kappa shape index (κ3) is 2.61. The van der Waals surface area contributed by atoms with Crippen molar-refractivity contribution >= 4 is 32.7 Å². The maximum Gasteiger partial charge on any atom is 0.416 e. The van der Waals surface area contributed by atoms with Crippen LogP contribution in [-0.4, -0.2) is 4.98 Å². The second-order valence-electron chi connectivity index (χ2n) is 4.45. The van der Waals surface area contributed by atoms with Gasteiger partial charge in [-0.1, -0.05) is 6.07 Å². The zero-order chi connectivity index (χ0) is 15.2. The summed E-state index contributed by atoms with van der Waals surface area (Å²) in [6, 6.07) is 8.48. The molecule has 0 unspecified atom stereocenters. The molecule has 3 aromatic rings. The summed E-state index contributed by atoms with van der Waals surface area (Å²) in [4.78, 5) is 4.19. The van der Waals surface area contributed by atoms with E-state index in [1.54, 1.807) is 18.2 Å². The van der Waals surface area contributed by atoms with Gasteiger partial charge >= 0.3 is 6.18 Å². The predicted octanol–water partition coefficient (Wildman–Crippen LogP) is 4.86. The van der Waals surface area contributed by atoms with Crippen LogP contribution in [0.5, 0.6) is 0 Å². The second-order valence-corrected chi connectivity index (χ2v) is 5.30. The summed E-state index contributed by atoms with van der Waals surface area (Å²) in [7, 11) is 0. The van der Waals surface area contributed by atoms with Gasteiger partial charge in [0.05, 0.1) is 10.0 Å². The summed E-state index contributed by atoms with van der Waals surface area (Å²) in [5.74, 6) is 0.0923. The Hall–Kier alpha value is -2.02. The van der Waals surface area contributed by atoms with Crippen LogP contribution in [0, 0.1) is 0 Å². The zero-order valence-corrected chi connectivity index (χ0v) is 12.0. The van der Waals surface area contributed by atoms with Crippen LogP contribution in [0.4, 0.5) is 18.9 Å². The average Bonchev–Trinajstić information content (AvgIpc) is 2.82. The lowest BCUT2D eigenvalue weighted by Crippen LogP contribution is -2.06. The number of rotatable bonds is 1. The summed E-state index contributed by atoms with van der Waals surface area (Å²) in [6.45, 7) is 0. The number of anilines is 1. The molecule has 0 aliphatic heterocycles. The number of halogens is 4. The number of oxazole rings is 1. The van der Waals surface area contributed by atoms with Crippen LogP contribution in [0.1, 0.15) is 5.56 Å². The molecule has 0 aliphatic carbocycles. The van der Waals surface area contributed by atoms with E-state index in [4.69, 9.17) is 10.2 Å². The summed E-state index contributed by atoms with van der Waals surface area (Å²) in [5.41, 5.74) is 5.92. The molecule has 0 amide bonds. The lowest BCUT2D eigenvalue weighted by Gasteiger charge is -2.08. The lowest BCUT2D eigenvalue weighted by molar-refractivity contribution is -0.137. The Balaban J connectivity index is 2.18. The van der Waals surface area contributed by atoms with Crippen molar-refractivity contribution in [2.45, 2.75) is 6.18 Å². The van der Waals surface area contributed by atoms with Crippen LogP contribution in [0.2, 0.25) is 0 Å². The number of benzene rings is 2. The van der Waals surface area contributed by atoms with Gasteiger partial charge in [0.25, 0.3) is 0 Å². The van der Waals surface area contributed by atoms with Gasteiger partial charge in [0.2, 0.25) is 5.89 Å². The van der Waals surface area contributed by atoms with E-state index in [-0.39, 0.29) is 17.1 Å². The highest BCUT2D eigenvalue weighted by Gasteiger charge is 2.31. The Bertz CT molecular complexity index is 827. The van der Waals surface area contributed by atoms with Crippen LogP contribution in [0.3, 0.4) is 0 Å². The number of para-hydroxylation sites is 1. The van der Waals surface area contributed by atoms with Crippen molar-refractivity contribution < 1.29 is 17.6 Å². The van der Waals surface area contributed by atoms with Crippen molar-refractivity contribution in [3.63, 3.8) is 0 Å². The predicted molar refractivity (Wildman–Crippen MR) is 76.6 cm³/mol. The molecule has 3 rings (SSSR count). The first kappa shape index (κ1) is 13.9. The Labute approximate surface area is 125 Å². The van der Waals surface area contributed by atoms with Crippen molar-refractivity contribution in [3.05, 3.63) is 46.4 Å². The molecule has 0 radical (unpaired) electrons. The molecule has 0 saturated heterocycles. The third-order valence-electron chi connectivity index (χ3n) is 2.90. The van der Waals surface area contributed by atoms with Crippen molar-refractivity contribution in [1.29, 1.82) is 0 Å². The minimum absolute atomic E-state index is 0.00106. The maximum absolute atomic E-state index is 12.8. The molecule has 0 atom stereocenters. The van der Waals surface area contributed by atoms with Gasteiger partial charge in [-0.05, 0) is 46.3 Å². The number of hydrogen-bond acceptors (Lipinski definition) is 3. The summed E-state index contributed by atoms with van der Waals surface area (Å²) in [6.07, 6.45) is -4.48. The normalized spacial score (nSPS) is 12.0. The van der Waals surface area contributed by atoms with Crippen LogP contribution < -0.4 is 5.73 Å². The highest BCUT2D eigenvalue weighted by molar-refractivity contribution is 9.10. The Kier molecular flexibility index (Phi) is 3.16. The zero-order valence-electron chi connectivity index (χ0n) is 10.4. The molecular formula is C14H8BrF3N2O. The number of nitrogens with zero attached hydrogens (tertiary/aromatic N) is 1. The summed E-state index contributed by atoms with van der Waals surface area (Å²) in [5, 5.41) is 0. The molecule has 2 N–H and O–H groups in total. The number of aromatic nitrogens is 1. The first-order chi connectivity index (χ1) is 9.84. The first-order valence-corrected chi connectivity index (χ1v) is 6.67. The molecule has 2 aromatic carbocycles. The van der Waals surface area contributed by atoms with E-state index in [1.807, 2.05) is 0 Å². The second kappa shape index (κ2) is 4.77. The minimum Gasteiger partial charge on any atom is -0.435 e. The number of nitrogens with two attached hydrogens (primary N) is 1. The van der Waals surface area contributed by atoms with Gasteiger partial charge in [-0.3, -0.25) is 0 Å². The van der Waals surface area contributed by atoms with Crippen molar-refractivity contribution in [2.75, 3.05) is 5.73 Å². The van der Waals surface area contributed by atoms with E-state index in [1.165, 1.54) is 6.07 Å². The molecule has 108 valence electrons. The van der Waals surface area contributed by atoms with Crippen LogP contribution in [0.25, 0.3) is 22.6 Å². The van der Waals surface area contributed by atoms with Gasteiger partial charge in [-0.15, -0.1) is 0 Å². The molecule has 21 heavy (non-hydrogen) atoms. The monoisotopic (exact) mass is 356 g/mol. The fourth-order valence-electron chi connectivity index (χ4n) is 1.98. The molecule has 0 fully saturated rings. The van der Waals surface area contributed by atoms with Gasteiger partial charge in [-0.25, -0.2) is 4.98 Å². The smallest absolute Gasteiger partial charge is 0.416 e. The average molecular weight is 357 g/mol. The summed E-state index contributed by atoms with van der Waals surface area (Å²) < 4.78 is 44.7. The molecule has 1 aromatic heterocycles. The molecule has 1 heterocycles. The van der Waals surface area contributed by atoms with Gasteiger partial charge in [0, 0.05) is 11.3 Å². The van der Waals surface area contributed by atoms with E-state index in [0.29, 0.717) is 15.6 Å². The van der Waals surface area contributed by atoms with E-state index in [9.17, 15) is 13.2 Å². The lowest BCUT2D eigenvalue weighted by atomic mass is 10.1. The topological polar surface area (TPSA) is 52.0 Å². The molecule has 7 heteroatoms. The number of hydrogen-bond donors (Lipinski definition) is 1. The van der Waals surface area contributed by atoms with Crippen LogP contribution >= 0.6 is 15.9 Å². The van der Waals surface area contributed by atoms with Gasteiger partial charge in [0.1, 0.15) is 5.52 Å². The highest BCUT2D eigenvalue weighted by atomic mass is 79.9. The van der Waals surface area contributed by atoms with E-state index in [2.05, 4.69) is 20.9 Å². The maximum atomic E-state index is 12.8. The van der Waals surface area contributed by atoms with E-state index in [0.717, 1.165) is 12.1 Å². The van der Waals surface area contributed by atoms with Crippen molar-refractivity contribution in [3.8, 4) is 11.5 Å². The fourth-order valence-corrected chi connectivity index (χ4v) is 2.41. The molecule has 0 spiro atoms. The van der Waals surface area contributed by atoms with Gasteiger partial charge in [-0.2, -0.15) is 13.2 Å². The van der Waals surface area contributed by atoms with Crippen LogP contribution in [-0.2, 0) is 6.18 Å². The highest BCUT2D eigenvalue weighted by Crippen LogP contribution is 2.35. The van der Waals surface area contributed by atoms with Gasteiger partial charge in [0.15, 0.2) is 5.58 Å². The largest absolute Gasteiger partial charge is 0.435 e. The Morgan fingerprint density at radius 2 is 1.90 bits per heavy atom. The molecule has 0 saturated carbocycles. The number of fused-ring (bicyclic) bond motifs is 1. The first-order valence-electron chi connectivity index (χ1n) is 5.88. The van der Waals surface area contributed by atoms with Gasteiger partial charge < -0.3 is 10.2 Å². The molecular weight excluding hydrogens is 349 g/mol. The molecule has 0 aliphatic rings. The number of nitrogen functional groups attached to an aromatic ring is 1. The van der Waals surface area contributed by atoms with Crippen molar-refractivity contribution in [1.82, 2.24) is 4.98 Å². The molecule has 0 bridgehead atoms. The quantitative estimate of drug-likeness (QED) is 0.633. The third-order valence-corrected chi connectivity index (χ3v) is 3.52. The van der Waals surface area contributed by atoms with Crippen LogP contribution in [0.15, 0.2) is 45.3 Å². The van der Waals surface area contributed by atoms with E-state index >= 15 is 0 Å². The van der Waals surface area contributed by atoms with E-state index < -0.39 is 11.7 Å². The minimum atomic E-state index is -4.48. The van der Waals surface area contributed by atoms with Crippen molar-refractivity contribution in [2.24, 2.45) is 0 Å². The number of alkyl halides is 3. The molecule has 3 nitrogen and oxygen atoms in total.